The molecule has 1 aliphatic rings. The first-order valence-corrected chi connectivity index (χ1v) is 7.14. The highest BCUT2D eigenvalue weighted by Crippen LogP contribution is 2.27. The molecule has 2 heterocycles. The quantitative estimate of drug-likeness (QED) is 0.859. The van der Waals surface area contributed by atoms with Crippen LogP contribution in [0.4, 0.5) is 5.82 Å². The van der Waals surface area contributed by atoms with Gasteiger partial charge in [-0.15, -0.1) is 0 Å². The molecular formula is C14H21N3O3. The van der Waals surface area contributed by atoms with Crippen LogP contribution in [0.1, 0.15) is 39.0 Å². The van der Waals surface area contributed by atoms with E-state index in [1.165, 1.54) is 6.33 Å². The molecule has 1 aliphatic heterocycles. The number of aliphatic carboxylic acids is 1. The summed E-state index contributed by atoms with van der Waals surface area (Å²) in [7, 11) is 0. The maximum atomic E-state index is 10.8. The zero-order valence-corrected chi connectivity index (χ0v) is 11.8. The first kappa shape index (κ1) is 14.6. The maximum Gasteiger partial charge on any atom is 0.303 e. The minimum atomic E-state index is -0.742. The number of nitrogens with zero attached hydrogens (tertiary/aromatic N) is 3. The lowest BCUT2D eigenvalue weighted by molar-refractivity contribution is -0.137. The molecular weight excluding hydrogens is 258 g/mol. The molecule has 0 aliphatic carbocycles. The standard InChI is InChI=1S/C14H21N3O3/c1-2-20-13-9-12(15-10-16-13)17-8-4-3-5-11(17)6-7-14(18)19/h9-11H,2-8H2,1H3,(H,18,19). The molecule has 0 aromatic carbocycles. The van der Waals surface area contributed by atoms with Crippen LogP contribution in [0.2, 0.25) is 0 Å². The molecule has 1 N–H and O–H groups in total. The van der Waals surface area contributed by atoms with Crippen molar-refractivity contribution in [2.75, 3.05) is 18.1 Å². The van der Waals surface area contributed by atoms with Crippen LogP contribution >= 0.6 is 0 Å². The average molecular weight is 279 g/mol. The average Bonchev–Trinajstić information content (AvgIpc) is 2.46. The second-order valence-corrected chi connectivity index (χ2v) is 4.92. The van der Waals surface area contributed by atoms with Gasteiger partial charge in [-0.3, -0.25) is 4.79 Å². The van der Waals surface area contributed by atoms with Crippen LogP contribution < -0.4 is 9.64 Å². The lowest BCUT2D eigenvalue weighted by atomic mass is 9.98. The Kier molecular flexibility index (Phi) is 5.15. The molecule has 1 atom stereocenters. The number of carbonyl (C=O) groups is 1. The van der Waals surface area contributed by atoms with Crippen LogP contribution in [-0.2, 0) is 4.79 Å². The molecule has 1 aromatic heterocycles. The monoisotopic (exact) mass is 279 g/mol. The van der Waals surface area contributed by atoms with E-state index in [1.54, 1.807) is 0 Å². The molecule has 6 nitrogen and oxygen atoms in total. The Balaban J connectivity index is 2.10. The van der Waals surface area contributed by atoms with Gasteiger partial charge < -0.3 is 14.7 Å². The highest BCUT2D eigenvalue weighted by molar-refractivity contribution is 5.66. The molecule has 0 spiro atoms. The SMILES string of the molecule is CCOc1cc(N2CCCCC2CCC(=O)O)ncn1. The highest BCUT2D eigenvalue weighted by atomic mass is 16.5. The largest absolute Gasteiger partial charge is 0.481 e. The second-order valence-electron chi connectivity index (χ2n) is 4.92. The summed E-state index contributed by atoms with van der Waals surface area (Å²) in [4.78, 5) is 21.3. The van der Waals surface area contributed by atoms with Gasteiger partial charge in [-0.25, -0.2) is 9.97 Å². The van der Waals surface area contributed by atoms with Crippen LogP contribution in [0.5, 0.6) is 5.88 Å². The van der Waals surface area contributed by atoms with Crippen molar-refractivity contribution < 1.29 is 14.6 Å². The van der Waals surface area contributed by atoms with Crippen LogP contribution in [0.15, 0.2) is 12.4 Å². The third-order valence-electron chi connectivity index (χ3n) is 3.53. The molecule has 6 heteroatoms. The Morgan fingerprint density at radius 1 is 1.50 bits per heavy atom. The summed E-state index contributed by atoms with van der Waals surface area (Å²) in [5, 5.41) is 8.85. The fourth-order valence-corrected chi connectivity index (χ4v) is 2.61. The summed E-state index contributed by atoms with van der Waals surface area (Å²) in [6.07, 6.45) is 5.63. The number of carboxylic acid groups (broad SMARTS) is 1. The van der Waals surface area contributed by atoms with Crippen LogP contribution in [0.25, 0.3) is 0 Å². The number of aromatic nitrogens is 2. The van der Waals surface area contributed by atoms with Crippen molar-refractivity contribution in [2.45, 2.75) is 45.1 Å². The Hall–Kier alpha value is -1.85. The summed E-state index contributed by atoms with van der Waals surface area (Å²) in [6.45, 7) is 3.39. The molecule has 0 bridgehead atoms. The predicted octanol–water partition coefficient (Wildman–Crippen LogP) is 2.10. The van der Waals surface area contributed by atoms with E-state index in [2.05, 4.69) is 14.9 Å². The van der Waals surface area contributed by atoms with Crippen molar-refractivity contribution >= 4 is 11.8 Å². The number of rotatable bonds is 6. The highest BCUT2D eigenvalue weighted by Gasteiger charge is 2.24. The Morgan fingerprint density at radius 3 is 3.10 bits per heavy atom. The molecule has 1 unspecified atom stereocenters. The Bertz CT molecular complexity index is 453. The third kappa shape index (κ3) is 3.82. The van der Waals surface area contributed by atoms with Gasteiger partial charge >= 0.3 is 5.97 Å². The summed E-state index contributed by atoms with van der Waals surface area (Å²) in [5.74, 6) is 0.659. The molecule has 1 fully saturated rings. The van der Waals surface area contributed by atoms with Gasteiger partial charge in [0.1, 0.15) is 12.1 Å². The summed E-state index contributed by atoms with van der Waals surface area (Å²) in [5.41, 5.74) is 0. The van der Waals surface area contributed by atoms with Gasteiger partial charge in [-0.2, -0.15) is 0 Å². The second kappa shape index (κ2) is 7.07. The molecule has 1 saturated heterocycles. The molecule has 20 heavy (non-hydrogen) atoms. The smallest absolute Gasteiger partial charge is 0.303 e. The summed E-state index contributed by atoms with van der Waals surface area (Å²) >= 11 is 0. The van der Waals surface area contributed by atoms with E-state index in [4.69, 9.17) is 9.84 Å². The zero-order valence-electron chi connectivity index (χ0n) is 11.8. The summed E-state index contributed by atoms with van der Waals surface area (Å²) < 4.78 is 5.40. The van der Waals surface area contributed by atoms with Crippen LogP contribution in [-0.4, -0.2) is 40.2 Å². The number of ether oxygens (including phenoxy) is 1. The number of hydrogen-bond donors (Lipinski definition) is 1. The number of carboxylic acids is 1. The van der Waals surface area contributed by atoms with Gasteiger partial charge in [-0.05, 0) is 32.6 Å². The maximum absolute atomic E-state index is 10.8. The molecule has 2 rings (SSSR count). The van der Waals surface area contributed by atoms with Gasteiger partial charge in [0.05, 0.1) is 6.61 Å². The molecule has 110 valence electrons. The van der Waals surface area contributed by atoms with Crippen molar-refractivity contribution in [1.82, 2.24) is 9.97 Å². The van der Waals surface area contributed by atoms with Crippen molar-refractivity contribution in [3.8, 4) is 5.88 Å². The summed E-state index contributed by atoms with van der Waals surface area (Å²) in [6, 6.07) is 2.08. The van der Waals surface area contributed by atoms with Gasteiger partial charge in [0.2, 0.25) is 5.88 Å². The van der Waals surface area contributed by atoms with Crippen molar-refractivity contribution in [3.05, 3.63) is 12.4 Å². The zero-order chi connectivity index (χ0) is 14.4. The fraction of sp³-hybridized carbons (Fsp3) is 0.643. The minimum absolute atomic E-state index is 0.199. The van der Waals surface area contributed by atoms with E-state index >= 15 is 0 Å². The lowest BCUT2D eigenvalue weighted by Crippen LogP contribution is -2.40. The topological polar surface area (TPSA) is 75.5 Å². The van der Waals surface area contributed by atoms with Crippen molar-refractivity contribution in [1.29, 1.82) is 0 Å². The van der Waals surface area contributed by atoms with Gasteiger partial charge in [0.25, 0.3) is 0 Å². The van der Waals surface area contributed by atoms with E-state index in [1.807, 2.05) is 13.0 Å². The van der Waals surface area contributed by atoms with E-state index in [0.29, 0.717) is 18.9 Å². The predicted molar refractivity (Wildman–Crippen MR) is 75.1 cm³/mol. The number of piperidine rings is 1. The molecule has 0 amide bonds. The van der Waals surface area contributed by atoms with Crippen LogP contribution in [0, 0.1) is 0 Å². The molecule has 0 radical (unpaired) electrons. The molecule has 0 saturated carbocycles. The van der Waals surface area contributed by atoms with Gasteiger partial charge in [-0.1, -0.05) is 0 Å². The van der Waals surface area contributed by atoms with Crippen molar-refractivity contribution in [2.24, 2.45) is 0 Å². The fourth-order valence-electron chi connectivity index (χ4n) is 2.61. The first-order chi connectivity index (χ1) is 9.70. The first-order valence-electron chi connectivity index (χ1n) is 7.14. The van der Waals surface area contributed by atoms with Crippen LogP contribution in [0.3, 0.4) is 0 Å². The molecule has 1 aromatic rings. The van der Waals surface area contributed by atoms with Gasteiger partial charge in [0.15, 0.2) is 0 Å². The van der Waals surface area contributed by atoms with E-state index in [9.17, 15) is 4.79 Å². The van der Waals surface area contributed by atoms with Gasteiger partial charge in [0, 0.05) is 25.1 Å². The third-order valence-corrected chi connectivity index (χ3v) is 3.53. The Morgan fingerprint density at radius 2 is 2.35 bits per heavy atom. The van der Waals surface area contributed by atoms with E-state index in [-0.39, 0.29) is 12.5 Å². The number of hydrogen-bond acceptors (Lipinski definition) is 5. The normalized spacial score (nSPS) is 18.9. The van der Waals surface area contributed by atoms with Crippen molar-refractivity contribution in [3.63, 3.8) is 0 Å². The number of anilines is 1. The Labute approximate surface area is 118 Å². The minimum Gasteiger partial charge on any atom is -0.481 e. The van der Waals surface area contributed by atoms with E-state index < -0.39 is 5.97 Å². The van der Waals surface area contributed by atoms with E-state index in [0.717, 1.165) is 31.6 Å². The lowest BCUT2D eigenvalue weighted by Gasteiger charge is -2.36.